The third-order valence-electron chi connectivity index (χ3n) is 7.53. The van der Waals surface area contributed by atoms with Gasteiger partial charge in [-0.25, -0.2) is 0 Å². The van der Waals surface area contributed by atoms with Crippen LogP contribution in [0.3, 0.4) is 0 Å². The molecule has 0 spiro atoms. The van der Waals surface area contributed by atoms with E-state index in [9.17, 15) is 10.2 Å². The van der Waals surface area contributed by atoms with E-state index in [-0.39, 0.29) is 22.9 Å². The molecule has 1 aliphatic rings. The van der Waals surface area contributed by atoms with Crippen LogP contribution in [0.1, 0.15) is 134 Å². The van der Waals surface area contributed by atoms with Crippen LogP contribution >= 0.6 is 0 Å². The minimum absolute atomic E-state index is 0.0638. The van der Waals surface area contributed by atoms with Gasteiger partial charge in [-0.05, 0) is 65.2 Å². The van der Waals surface area contributed by atoms with Gasteiger partial charge in [0.1, 0.15) is 11.5 Å². The molecular formula is C33H48N2O2. The van der Waals surface area contributed by atoms with E-state index in [1.165, 1.54) is 11.1 Å². The standard InChI is InChI=1S/C33H48N2O2/c1-20(2)22-14-24(30(36)26(16-22)32(5,6)7)18-34-28-12-11-13-29(28)35-19-25-15-23(21(3)4)17-27(31(25)37)33(8,9)10/h14-21,28-29,36-37H,11-13H2,1-10H3. The summed E-state index contributed by atoms with van der Waals surface area (Å²) in [6.07, 6.45) is 6.72. The van der Waals surface area contributed by atoms with Crippen molar-refractivity contribution in [3.8, 4) is 11.5 Å². The molecular weight excluding hydrogens is 456 g/mol. The van der Waals surface area contributed by atoms with Crippen LogP contribution in [-0.2, 0) is 10.8 Å². The van der Waals surface area contributed by atoms with Crippen molar-refractivity contribution in [3.63, 3.8) is 0 Å². The Morgan fingerprint density at radius 3 is 1.32 bits per heavy atom. The van der Waals surface area contributed by atoms with Crippen LogP contribution < -0.4 is 0 Å². The van der Waals surface area contributed by atoms with E-state index in [2.05, 4.69) is 93.5 Å². The average molecular weight is 505 g/mol. The molecule has 37 heavy (non-hydrogen) atoms. The average Bonchev–Trinajstić information content (AvgIpc) is 3.23. The molecule has 2 aromatic carbocycles. The number of hydrogen-bond donors (Lipinski definition) is 2. The summed E-state index contributed by atoms with van der Waals surface area (Å²) in [6, 6.07) is 8.51. The van der Waals surface area contributed by atoms with Gasteiger partial charge >= 0.3 is 0 Å². The summed E-state index contributed by atoms with van der Waals surface area (Å²) in [7, 11) is 0. The van der Waals surface area contributed by atoms with Crippen molar-refractivity contribution in [2.24, 2.45) is 9.98 Å². The fourth-order valence-electron chi connectivity index (χ4n) is 4.99. The van der Waals surface area contributed by atoms with Gasteiger partial charge in [0.2, 0.25) is 0 Å². The van der Waals surface area contributed by atoms with Crippen LogP contribution in [0.25, 0.3) is 0 Å². The van der Waals surface area contributed by atoms with Crippen LogP contribution in [0.15, 0.2) is 34.3 Å². The first kappa shape index (κ1) is 28.9. The molecule has 0 saturated heterocycles. The Kier molecular flexibility index (Phi) is 8.61. The maximum atomic E-state index is 11.1. The largest absolute Gasteiger partial charge is 0.507 e. The molecule has 1 aliphatic carbocycles. The van der Waals surface area contributed by atoms with Gasteiger partial charge in [0, 0.05) is 34.7 Å². The second-order valence-corrected chi connectivity index (χ2v) is 13.4. The van der Waals surface area contributed by atoms with Crippen molar-refractivity contribution in [1.82, 2.24) is 0 Å². The normalized spacial score (nSPS) is 19.2. The zero-order valence-corrected chi connectivity index (χ0v) is 24.7. The first-order valence-electron chi connectivity index (χ1n) is 13.9. The molecule has 0 aliphatic heterocycles. The van der Waals surface area contributed by atoms with E-state index >= 15 is 0 Å². The number of benzene rings is 2. The van der Waals surface area contributed by atoms with Gasteiger partial charge < -0.3 is 10.2 Å². The fraction of sp³-hybridized carbons (Fsp3) is 0.576. The van der Waals surface area contributed by atoms with E-state index in [0.29, 0.717) is 23.3 Å². The maximum absolute atomic E-state index is 11.1. The highest BCUT2D eigenvalue weighted by Crippen LogP contribution is 2.37. The van der Waals surface area contributed by atoms with Gasteiger partial charge in [0.15, 0.2) is 0 Å². The van der Waals surface area contributed by atoms with Gasteiger partial charge in [-0.1, -0.05) is 81.4 Å². The molecule has 0 bridgehead atoms. The molecule has 1 saturated carbocycles. The molecule has 0 amide bonds. The monoisotopic (exact) mass is 504 g/mol. The third kappa shape index (κ3) is 6.83. The van der Waals surface area contributed by atoms with Gasteiger partial charge in [-0.3, -0.25) is 9.98 Å². The van der Waals surface area contributed by atoms with E-state index in [4.69, 9.17) is 9.98 Å². The minimum Gasteiger partial charge on any atom is -0.507 e. The number of aromatic hydroxyl groups is 2. The van der Waals surface area contributed by atoms with Gasteiger partial charge in [-0.15, -0.1) is 0 Å². The first-order valence-corrected chi connectivity index (χ1v) is 13.9. The zero-order valence-electron chi connectivity index (χ0n) is 24.7. The van der Waals surface area contributed by atoms with Crippen molar-refractivity contribution < 1.29 is 10.2 Å². The summed E-state index contributed by atoms with van der Waals surface area (Å²) in [4.78, 5) is 9.87. The number of rotatable bonds is 6. The van der Waals surface area contributed by atoms with Crippen molar-refractivity contribution >= 4 is 12.4 Å². The third-order valence-corrected chi connectivity index (χ3v) is 7.53. The lowest BCUT2D eigenvalue weighted by Crippen LogP contribution is -2.17. The zero-order chi connectivity index (χ0) is 27.7. The number of aliphatic imine (C=N–C) groups is 2. The Bertz CT molecular complexity index is 1070. The van der Waals surface area contributed by atoms with E-state index in [1.54, 1.807) is 0 Å². The summed E-state index contributed by atoms with van der Waals surface area (Å²) in [6.45, 7) is 21.5. The highest BCUT2D eigenvalue weighted by atomic mass is 16.3. The second kappa shape index (κ2) is 11.0. The molecule has 202 valence electrons. The Morgan fingerprint density at radius 1 is 0.676 bits per heavy atom. The van der Waals surface area contributed by atoms with Crippen LogP contribution in [0.2, 0.25) is 0 Å². The summed E-state index contributed by atoms with van der Waals surface area (Å²) in [5, 5.41) is 22.1. The maximum Gasteiger partial charge on any atom is 0.128 e. The van der Waals surface area contributed by atoms with Crippen molar-refractivity contribution in [1.29, 1.82) is 0 Å². The Morgan fingerprint density at radius 2 is 1.03 bits per heavy atom. The smallest absolute Gasteiger partial charge is 0.128 e. The molecule has 2 N–H and O–H groups in total. The lowest BCUT2D eigenvalue weighted by molar-refractivity contribution is 0.444. The summed E-state index contributed by atoms with van der Waals surface area (Å²) < 4.78 is 0. The van der Waals surface area contributed by atoms with Crippen LogP contribution in [-0.4, -0.2) is 34.7 Å². The van der Waals surface area contributed by atoms with Crippen LogP contribution in [0, 0.1) is 0 Å². The number of hydrogen-bond acceptors (Lipinski definition) is 4. The molecule has 2 aromatic rings. The molecule has 0 heterocycles. The molecule has 0 aromatic heterocycles. The van der Waals surface area contributed by atoms with E-state index in [0.717, 1.165) is 41.5 Å². The number of phenols is 2. The van der Waals surface area contributed by atoms with Crippen molar-refractivity contribution in [2.75, 3.05) is 0 Å². The SMILES string of the molecule is CC(C)c1cc(C=NC2CCCC2N=Cc2cc(C(C)C)cc(C(C)(C)C)c2O)c(O)c(C(C)(C)C)c1. The molecule has 1 fully saturated rings. The Balaban J connectivity index is 1.92. The quantitative estimate of drug-likeness (QED) is 0.388. The topological polar surface area (TPSA) is 65.2 Å². The fourth-order valence-corrected chi connectivity index (χ4v) is 4.99. The van der Waals surface area contributed by atoms with Crippen LogP contribution in [0.4, 0.5) is 0 Å². The molecule has 4 nitrogen and oxygen atoms in total. The molecule has 2 unspecified atom stereocenters. The summed E-state index contributed by atoms with van der Waals surface area (Å²) >= 11 is 0. The van der Waals surface area contributed by atoms with Crippen LogP contribution in [0.5, 0.6) is 11.5 Å². The summed E-state index contributed by atoms with van der Waals surface area (Å²) in [5.41, 5.74) is 5.57. The predicted octanol–water partition coefficient (Wildman–Crippen LogP) is 8.40. The molecule has 0 radical (unpaired) electrons. The highest BCUT2D eigenvalue weighted by Gasteiger charge is 2.27. The van der Waals surface area contributed by atoms with Gasteiger partial charge in [0.25, 0.3) is 0 Å². The van der Waals surface area contributed by atoms with E-state index < -0.39 is 0 Å². The number of phenolic OH excluding ortho intramolecular Hbond substituents is 2. The first-order chi connectivity index (χ1) is 17.1. The van der Waals surface area contributed by atoms with E-state index in [1.807, 2.05) is 12.4 Å². The van der Waals surface area contributed by atoms with Gasteiger partial charge in [0.05, 0.1) is 12.1 Å². The summed E-state index contributed by atoms with van der Waals surface area (Å²) in [5.74, 6) is 1.38. The predicted molar refractivity (Wildman–Crippen MR) is 158 cm³/mol. The van der Waals surface area contributed by atoms with Crippen molar-refractivity contribution in [3.05, 3.63) is 57.6 Å². The Labute approximate surface area is 225 Å². The molecule has 2 atom stereocenters. The second-order valence-electron chi connectivity index (χ2n) is 13.4. The molecule has 3 rings (SSSR count). The van der Waals surface area contributed by atoms with Gasteiger partial charge in [-0.2, -0.15) is 0 Å². The highest BCUT2D eigenvalue weighted by molar-refractivity contribution is 5.86. The Hall–Kier alpha value is -2.62. The number of nitrogens with zero attached hydrogens (tertiary/aromatic N) is 2. The lowest BCUT2D eigenvalue weighted by Gasteiger charge is -2.24. The minimum atomic E-state index is -0.157. The molecule has 4 heteroatoms. The lowest BCUT2D eigenvalue weighted by atomic mass is 9.82. The van der Waals surface area contributed by atoms with Crippen molar-refractivity contribution in [2.45, 2.75) is 123 Å².